The van der Waals surface area contributed by atoms with E-state index in [9.17, 15) is 28.8 Å². The van der Waals surface area contributed by atoms with Gasteiger partial charge in [-0.05, 0) is 0 Å². The van der Waals surface area contributed by atoms with Crippen LogP contribution in [-0.4, -0.2) is 111 Å². The first-order chi connectivity index (χ1) is 21.9. The highest BCUT2D eigenvalue weighted by molar-refractivity contribution is 7.47. The third-order valence-electron chi connectivity index (χ3n) is 7.57. The molecule has 3 aliphatic rings. The van der Waals surface area contributed by atoms with Crippen LogP contribution in [0.4, 0.5) is 11.8 Å². The van der Waals surface area contributed by atoms with Crippen molar-refractivity contribution >= 4 is 49.7 Å². The molecule has 7 rings (SSSR count). The summed E-state index contributed by atoms with van der Waals surface area (Å²) in [6.07, 6.45) is -7.96. The highest BCUT2D eigenvalue weighted by Gasteiger charge is 2.54. The second-order valence-corrected chi connectivity index (χ2v) is 13.2. The number of aliphatic hydroxyl groups is 1. The van der Waals surface area contributed by atoms with E-state index in [1.165, 1.54) is 22.6 Å². The minimum atomic E-state index is -5.03. The Morgan fingerprint density at radius 1 is 0.913 bits per heavy atom. The number of hydrogen-bond donors (Lipinski definition) is 6. The van der Waals surface area contributed by atoms with Gasteiger partial charge in [0.25, 0.3) is 5.56 Å². The second kappa shape index (κ2) is 11.4. The average Bonchev–Trinajstić information content (AvgIpc) is 3.75. The van der Waals surface area contributed by atoms with Crippen molar-refractivity contribution in [3.63, 3.8) is 0 Å². The van der Waals surface area contributed by atoms with Crippen molar-refractivity contribution in [2.75, 3.05) is 31.8 Å². The van der Waals surface area contributed by atoms with Crippen LogP contribution >= 0.6 is 15.6 Å². The quantitative estimate of drug-likeness (QED) is 0.131. The molecule has 0 saturated carbocycles. The first-order valence-corrected chi connectivity index (χ1v) is 16.3. The van der Waals surface area contributed by atoms with Crippen molar-refractivity contribution in [1.82, 2.24) is 39.0 Å². The number of anilines is 2. The zero-order valence-electron chi connectivity index (χ0n) is 23.4. The number of ether oxygens (including phenoxy) is 3. The van der Waals surface area contributed by atoms with Gasteiger partial charge in [-0.2, -0.15) is 4.98 Å². The second-order valence-electron chi connectivity index (χ2n) is 10.3. The standard InChI is InChI=1S/C21H26N10O13P2/c1-38-12-8-3-40-45(34,35)43-13-11(32)7(41-19(13)30-5-26-9-15(22)24-4-25-16(9)30)2-39-46(36,37)44-14(12)20(42-8)31-6-27-10-17(31)28-21(23)29-18(10)33/h4-8,11-14,19-20,32H,2-3H2,1H3,(H,34,35)(H,36,37)(H2,22,24,25)(H3,23,28,29,33). The molecule has 4 aromatic rings. The molecule has 4 aromatic heterocycles. The molecule has 3 fully saturated rings. The van der Waals surface area contributed by atoms with E-state index < -0.39 is 83.5 Å². The summed E-state index contributed by atoms with van der Waals surface area (Å²) in [6.45, 7) is -1.47. The Kier molecular flexibility index (Phi) is 7.70. The number of aromatic amines is 1. The molecule has 0 spiro atoms. The Balaban J connectivity index is 1.24. The van der Waals surface area contributed by atoms with Gasteiger partial charge in [0.1, 0.15) is 48.5 Å². The van der Waals surface area contributed by atoms with Crippen molar-refractivity contribution in [2.24, 2.45) is 0 Å². The Labute approximate surface area is 255 Å². The number of H-pyrrole nitrogens is 1. The molecule has 23 nitrogen and oxygen atoms in total. The van der Waals surface area contributed by atoms with E-state index >= 15 is 0 Å². The number of aromatic nitrogens is 8. The van der Waals surface area contributed by atoms with Gasteiger partial charge in [0, 0.05) is 7.11 Å². The minimum absolute atomic E-state index is 0.0309. The summed E-state index contributed by atoms with van der Waals surface area (Å²) >= 11 is 0. The van der Waals surface area contributed by atoms with Gasteiger partial charge in [-0.3, -0.25) is 37.0 Å². The van der Waals surface area contributed by atoms with Crippen LogP contribution in [-0.2, 0) is 41.4 Å². The third-order valence-corrected chi connectivity index (χ3v) is 9.54. The smallest absolute Gasteiger partial charge is 0.387 e. The Bertz CT molecular complexity index is 1950. The zero-order chi connectivity index (χ0) is 32.5. The molecule has 4 bridgehead atoms. The fraction of sp³-hybridized carbons (Fsp3) is 0.524. The fourth-order valence-electron chi connectivity index (χ4n) is 5.55. The van der Waals surface area contributed by atoms with Gasteiger partial charge < -0.3 is 40.6 Å². The Morgan fingerprint density at radius 2 is 1.52 bits per heavy atom. The van der Waals surface area contributed by atoms with Crippen LogP contribution in [0.2, 0.25) is 0 Å². The van der Waals surface area contributed by atoms with Crippen molar-refractivity contribution < 1.29 is 56.3 Å². The van der Waals surface area contributed by atoms with Gasteiger partial charge in [0.2, 0.25) is 5.95 Å². The molecule has 3 saturated heterocycles. The molecular weight excluding hydrogens is 662 g/mol. The first kappa shape index (κ1) is 31.2. The summed E-state index contributed by atoms with van der Waals surface area (Å²) in [5.41, 5.74) is 11.0. The van der Waals surface area contributed by atoms with Crippen LogP contribution in [0, 0.1) is 0 Å². The van der Waals surface area contributed by atoms with E-state index in [2.05, 4.69) is 29.9 Å². The summed E-state index contributed by atoms with van der Waals surface area (Å²) < 4.78 is 67.9. The lowest BCUT2D eigenvalue weighted by atomic mass is 10.1. The van der Waals surface area contributed by atoms with Gasteiger partial charge in [0.05, 0.1) is 25.9 Å². The number of phosphoric ester groups is 2. The molecule has 8 N–H and O–H groups in total. The largest absolute Gasteiger partial charge is 0.472 e. The van der Waals surface area contributed by atoms with Crippen molar-refractivity contribution in [2.45, 2.75) is 49.1 Å². The molecule has 10 atom stereocenters. The number of imidazole rings is 2. The third kappa shape index (κ3) is 5.39. The average molecular weight is 688 g/mol. The SMILES string of the molecule is COC1C2COP(=O)(O)OC3C(O)C(COP(=O)(O)OC1C(n1cnc4c(=O)[nH]c(N)nc41)O2)OC3n1cnc2c(N)ncnc21. The maximum Gasteiger partial charge on any atom is 0.472 e. The lowest BCUT2D eigenvalue weighted by molar-refractivity contribution is -0.0678. The number of phosphoric acid groups is 2. The minimum Gasteiger partial charge on any atom is -0.387 e. The van der Waals surface area contributed by atoms with E-state index in [0.29, 0.717) is 0 Å². The van der Waals surface area contributed by atoms with Gasteiger partial charge in [-0.1, -0.05) is 0 Å². The van der Waals surface area contributed by atoms with Gasteiger partial charge >= 0.3 is 15.6 Å². The van der Waals surface area contributed by atoms with Gasteiger partial charge in [-0.15, -0.1) is 0 Å². The zero-order valence-corrected chi connectivity index (χ0v) is 25.2. The summed E-state index contributed by atoms with van der Waals surface area (Å²) in [5.74, 6) is -0.222. The molecule has 10 unspecified atom stereocenters. The van der Waals surface area contributed by atoms with Gasteiger partial charge in [0.15, 0.2) is 35.1 Å². The number of hydrogen-bond acceptors (Lipinski definition) is 18. The number of fused-ring (bicyclic) bond motifs is 6. The number of nitrogens with one attached hydrogen (secondary N) is 1. The number of aliphatic hydroxyl groups excluding tert-OH is 1. The lowest BCUT2D eigenvalue weighted by Crippen LogP contribution is -2.38. The summed E-state index contributed by atoms with van der Waals surface area (Å²) in [7, 11) is -8.83. The van der Waals surface area contributed by atoms with Crippen LogP contribution in [0.25, 0.3) is 22.3 Å². The van der Waals surface area contributed by atoms with Crippen LogP contribution in [0.1, 0.15) is 12.5 Å². The van der Waals surface area contributed by atoms with Gasteiger partial charge in [-0.25, -0.2) is 29.1 Å². The normalized spacial score (nSPS) is 37.1. The lowest BCUT2D eigenvalue weighted by Gasteiger charge is -2.27. The predicted octanol–water partition coefficient (Wildman–Crippen LogP) is -1.69. The summed E-state index contributed by atoms with van der Waals surface area (Å²) in [6, 6.07) is 0. The van der Waals surface area contributed by atoms with Crippen molar-refractivity contribution in [1.29, 1.82) is 0 Å². The van der Waals surface area contributed by atoms with E-state index in [-0.39, 0.29) is 34.1 Å². The van der Waals surface area contributed by atoms with E-state index in [1.54, 1.807) is 0 Å². The number of nitrogens with zero attached hydrogens (tertiary/aromatic N) is 7. The fourth-order valence-corrected chi connectivity index (χ4v) is 7.41. The summed E-state index contributed by atoms with van der Waals surface area (Å²) in [5, 5.41) is 11.1. The summed E-state index contributed by atoms with van der Waals surface area (Å²) in [4.78, 5) is 56.4. The molecule has 248 valence electrons. The molecule has 0 aliphatic carbocycles. The number of rotatable bonds is 3. The van der Waals surface area contributed by atoms with Crippen molar-refractivity contribution in [3.05, 3.63) is 29.3 Å². The molecule has 0 radical (unpaired) electrons. The Hall–Kier alpha value is -3.44. The molecule has 0 aromatic carbocycles. The van der Waals surface area contributed by atoms with E-state index in [0.717, 1.165) is 12.7 Å². The highest BCUT2D eigenvalue weighted by atomic mass is 31.2. The Morgan fingerprint density at radius 3 is 2.24 bits per heavy atom. The monoisotopic (exact) mass is 688 g/mol. The number of nitrogens with two attached hydrogens (primary N) is 2. The van der Waals surface area contributed by atoms with Crippen LogP contribution in [0.5, 0.6) is 0 Å². The highest BCUT2D eigenvalue weighted by Crippen LogP contribution is 2.54. The first-order valence-electron chi connectivity index (χ1n) is 13.3. The maximum absolute atomic E-state index is 13.3. The van der Waals surface area contributed by atoms with Crippen LogP contribution in [0.3, 0.4) is 0 Å². The topological polar surface area (TPSA) is 319 Å². The molecule has 25 heteroatoms. The van der Waals surface area contributed by atoms with Crippen molar-refractivity contribution in [3.8, 4) is 0 Å². The molecule has 3 aliphatic heterocycles. The van der Waals surface area contributed by atoms with E-state index in [1.807, 2.05) is 0 Å². The molecule has 7 heterocycles. The predicted molar refractivity (Wildman–Crippen MR) is 148 cm³/mol. The van der Waals surface area contributed by atoms with Crippen LogP contribution < -0.4 is 17.0 Å². The maximum atomic E-state index is 13.3. The molecular formula is C21H26N10O13P2. The number of nitrogen functional groups attached to an aromatic ring is 2. The number of methoxy groups -OCH3 is 1. The molecule has 46 heavy (non-hydrogen) atoms. The van der Waals surface area contributed by atoms with Crippen LogP contribution in [0.15, 0.2) is 23.8 Å². The molecule has 0 amide bonds. The van der Waals surface area contributed by atoms with E-state index in [4.69, 9.17) is 43.8 Å².